The summed E-state index contributed by atoms with van der Waals surface area (Å²) in [5, 5.41) is -1.10. The average molecular weight is 339 g/mol. The van der Waals surface area contributed by atoms with Crippen molar-refractivity contribution in [2.24, 2.45) is 0 Å². The van der Waals surface area contributed by atoms with E-state index < -0.39 is 15.1 Å². The number of sulfone groups is 1. The highest BCUT2D eigenvalue weighted by Crippen LogP contribution is 2.23. The van der Waals surface area contributed by atoms with Crippen LogP contribution in [-0.2, 0) is 19.4 Å². The molecule has 0 bridgehead atoms. The van der Waals surface area contributed by atoms with Gasteiger partial charge in [0, 0.05) is 13.1 Å². The molecule has 0 unspecified atom stereocenters. The molecule has 1 saturated heterocycles. The molecule has 0 spiro atoms. The number of ether oxygens (including phenoxy) is 1. The van der Waals surface area contributed by atoms with Gasteiger partial charge >= 0.3 is 0 Å². The van der Waals surface area contributed by atoms with Gasteiger partial charge in [0.1, 0.15) is 5.25 Å². The van der Waals surface area contributed by atoms with Crippen LogP contribution in [0.1, 0.15) is 31.9 Å². The summed E-state index contributed by atoms with van der Waals surface area (Å²) >= 11 is 0. The van der Waals surface area contributed by atoms with Crippen molar-refractivity contribution in [3.05, 3.63) is 29.3 Å². The van der Waals surface area contributed by atoms with E-state index in [-0.39, 0.29) is 23.0 Å². The van der Waals surface area contributed by atoms with E-state index in [1.807, 2.05) is 26.8 Å². The Balaban J connectivity index is 2.27. The third kappa shape index (κ3) is 3.75. The van der Waals surface area contributed by atoms with Gasteiger partial charge in [0.15, 0.2) is 9.84 Å². The number of rotatable bonds is 3. The summed E-state index contributed by atoms with van der Waals surface area (Å²) in [4.78, 5) is 14.5. The first kappa shape index (κ1) is 17.9. The van der Waals surface area contributed by atoms with Crippen molar-refractivity contribution in [3.63, 3.8) is 0 Å². The molecule has 1 aromatic carbocycles. The fourth-order valence-corrected chi connectivity index (χ4v) is 4.62. The zero-order valence-electron chi connectivity index (χ0n) is 14.4. The van der Waals surface area contributed by atoms with Crippen LogP contribution in [0, 0.1) is 13.8 Å². The number of morpholine rings is 1. The largest absolute Gasteiger partial charge is 0.372 e. The number of carbonyl (C=O) groups excluding carboxylic acids is 1. The molecule has 1 heterocycles. The lowest BCUT2D eigenvalue weighted by Gasteiger charge is -2.36. The van der Waals surface area contributed by atoms with E-state index >= 15 is 0 Å². The Bertz CT molecular complexity index is 689. The standard InChI is InChI=1S/C17H25NO4S/c1-11-6-7-16(12(2)8-11)23(20,21)15(5)17(19)18-9-13(3)22-14(4)10-18/h6-8,13-15H,9-10H2,1-5H3/t13-,14-,15+/m0/s1. The molecule has 3 atom stereocenters. The summed E-state index contributed by atoms with van der Waals surface area (Å²) in [7, 11) is -3.70. The summed E-state index contributed by atoms with van der Waals surface area (Å²) in [6.45, 7) is 9.77. The molecule has 6 heteroatoms. The molecule has 1 aliphatic heterocycles. The van der Waals surface area contributed by atoms with Crippen LogP contribution in [0.4, 0.5) is 0 Å². The highest BCUT2D eigenvalue weighted by Gasteiger charge is 2.36. The van der Waals surface area contributed by atoms with Gasteiger partial charge < -0.3 is 9.64 Å². The van der Waals surface area contributed by atoms with Gasteiger partial charge in [-0.2, -0.15) is 0 Å². The van der Waals surface area contributed by atoms with Crippen molar-refractivity contribution in [1.82, 2.24) is 4.90 Å². The Morgan fingerprint density at radius 3 is 2.30 bits per heavy atom. The van der Waals surface area contributed by atoms with Gasteiger partial charge in [-0.3, -0.25) is 4.79 Å². The minimum absolute atomic E-state index is 0.0845. The van der Waals surface area contributed by atoms with Crippen LogP contribution in [0.25, 0.3) is 0 Å². The van der Waals surface area contributed by atoms with Gasteiger partial charge in [0.2, 0.25) is 5.91 Å². The summed E-state index contributed by atoms with van der Waals surface area (Å²) in [6.07, 6.45) is -0.169. The molecule has 1 amide bonds. The van der Waals surface area contributed by atoms with E-state index in [1.165, 1.54) is 6.92 Å². The summed E-state index contributed by atoms with van der Waals surface area (Å²) in [5.74, 6) is -0.355. The van der Waals surface area contributed by atoms with Crippen molar-refractivity contribution in [2.45, 2.75) is 57.0 Å². The van der Waals surface area contributed by atoms with E-state index in [0.717, 1.165) is 5.56 Å². The second kappa shape index (κ2) is 6.61. The monoisotopic (exact) mass is 339 g/mol. The van der Waals surface area contributed by atoms with Crippen molar-refractivity contribution in [3.8, 4) is 0 Å². The van der Waals surface area contributed by atoms with Crippen LogP contribution in [0.2, 0.25) is 0 Å². The molecular weight excluding hydrogens is 314 g/mol. The summed E-state index contributed by atoms with van der Waals surface area (Å²) in [6, 6.07) is 5.17. The molecule has 0 aliphatic carbocycles. The number of nitrogens with zero attached hydrogens (tertiary/aromatic N) is 1. The number of carbonyl (C=O) groups is 1. The molecule has 2 rings (SSSR count). The lowest BCUT2D eigenvalue weighted by Crippen LogP contribution is -2.52. The molecule has 1 aliphatic rings. The molecule has 5 nitrogen and oxygen atoms in total. The maximum absolute atomic E-state index is 12.8. The minimum atomic E-state index is -3.70. The molecular formula is C17H25NO4S. The van der Waals surface area contributed by atoms with Gasteiger partial charge in [-0.1, -0.05) is 17.7 Å². The highest BCUT2D eigenvalue weighted by atomic mass is 32.2. The lowest BCUT2D eigenvalue weighted by atomic mass is 10.2. The van der Waals surface area contributed by atoms with Gasteiger partial charge in [0.25, 0.3) is 0 Å². The Labute approximate surface area is 138 Å². The normalized spacial score (nSPS) is 23.6. The zero-order chi connectivity index (χ0) is 17.4. The van der Waals surface area contributed by atoms with Gasteiger partial charge in [-0.05, 0) is 46.2 Å². The SMILES string of the molecule is Cc1ccc(S(=O)(=O)[C@H](C)C(=O)N2C[C@H](C)O[C@@H](C)C2)c(C)c1. The van der Waals surface area contributed by atoms with E-state index in [1.54, 1.807) is 24.0 Å². The Morgan fingerprint density at radius 2 is 1.78 bits per heavy atom. The van der Waals surface area contributed by atoms with E-state index in [0.29, 0.717) is 18.7 Å². The highest BCUT2D eigenvalue weighted by molar-refractivity contribution is 7.92. The maximum atomic E-state index is 12.8. The molecule has 128 valence electrons. The van der Waals surface area contributed by atoms with Crippen molar-refractivity contribution >= 4 is 15.7 Å². The fourth-order valence-electron chi connectivity index (χ4n) is 3.06. The number of benzene rings is 1. The third-order valence-electron chi connectivity index (χ3n) is 4.18. The van der Waals surface area contributed by atoms with Gasteiger partial charge in [-0.15, -0.1) is 0 Å². The zero-order valence-corrected chi connectivity index (χ0v) is 15.2. The first-order valence-electron chi connectivity index (χ1n) is 7.88. The smallest absolute Gasteiger partial charge is 0.241 e. The lowest BCUT2D eigenvalue weighted by molar-refractivity contribution is -0.142. The van der Waals surface area contributed by atoms with Crippen LogP contribution in [-0.4, -0.2) is 49.8 Å². The fraction of sp³-hybridized carbons (Fsp3) is 0.588. The quantitative estimate of drug-likeness (QED) is 0.846. The van der Waals surface area contributed by atoms with Crippen LogP contribution in [0.3, 0.4) is 0 Å². The molecule has 23 heavy (non-hydrogen) atoms. The molecule has 0 N–H and O–H groups in total. The Morgan fingerprint density at radius 1 is 1.22 bits per heavy atom. The van der Waals surface area contributed by atoms with Crippen molar-refractivity contribution in [2.75, 3.05) is 13.1 Å². The Kier molecular flexibility index (Phi) is 5.16. The first-order valence-corrected chi connectivity index (χ1v) is 9.43. The van der Waals surface area contributed by atoms with Crippen molar-refractivity contribution < 1.29 is 17.9 Å². The molecule has 0 radical (unpaired) electrons. The average Bonchev–Trinajstić information content (AvgIpc) is 2.44. The third-order valence-corrected chi connectivity index (χ3v) is 6.39. The predicted octanol–water partition coefficient (Wildman–Crippen LogP) is 2.10. The number of hydrogen-bond donors (Lipinski definition) is 0. The van der Waals surface area contributed by atoms with Gasteiger partial charge in [-0.25, -0.2) is 8.42 Å². The van der Waals surface area contributed by atoms with Crippen LogP contribution in [0.5, 0.6) is 0 Å². The van der Waals surface area contributed by atoms with E-state index in [4.69, 9.17) is 4.74 Å². The molecule has 1 fully saturated rings. The number of amides is 1. The minimum Gasteiger partial charge on any atom is -0.372 e. The Hall–Kier alpha value is -1.40. The van der Waals surface area contributed by atoms with Crippen molar-refractivity contribution in [1.29, 1.82) is 0 Å². The number of hydrogen-bond acceptors (Lipinski definition) is 4. The summed E-state index contributed by atoms with van der Waals surface area (Å²) in [5.41, 5.74) is 1.67. The topological polar surface area (TPSA) is 63.7 Å². The number of aryl methyl sites for hydroxylation is 2. The molecule has 0 aromatic heterocycles. The van der Waals surface area contributed by atoms with E-state index in [2.05, 4.69) is 0 Å². The second-order valence-electron chi connectivity index (χ2n) is 6.46. The van der Waals surface area contributed by atoms with Crippen LogP contribution in [0.15, 0.2) is 23.1 Å². The molecule has 0 saturated carbocycles. The van der Waals surface area contributed by atoms with Gasteiger partial charge in [0.05, 0.1) is 17.1 Å². The first-order chi connectivity index (χ1) is 10.6. The summed E-state index contributed by atoms with van der Waals surface area (Å²) < 4.78 is 31.3. The second-order valence-corrected chi connectivity index (χ2v) is 8.69. The van der Waals surface area contributed by atoms with E-state index in [9.17, 15) is 13.2 Å². The van der Waals surface area contributed by atoms with Crippen LogP contribution >= 0.6 is 0 Å². The maximum Gasteiger partial charge on any atom is 0.241 e. The van der Waals surface area contributed by atoms with Crippen LogP contribution < -0.4 is 0 Å². The molecule has 1 aromatic rings. The predicted molar refractivity (Wildman–Crippen MR) is 89.2 cm³/mol.